The predicted molar refractivity (Wildman–Crippen MR) is 98.6 cm³/mol. The minimum absolute atomic E-state index is 0.0237. The van der Waals surface area contributed by atoms with Crippen LogP contribution in [0.5, 0.6) is 5.75 Å². The van der Waals surface area contributed by atoms with Crippen LogP contribution in [0.1, 0.15) is 17.5 Å². The van der Waals surface area contributed by atoms with E-state index in [1.54, 1.807) is 12.1 Å². The van der Waals surface area contributed by atoms with Crippen LogP contribution >= 0.6 is 0 Å². The van der Waals surface area contributed by atoms with Crippen LogP contribution in [0.3, 0.4) is 0 Å². The van der Waals surface area contributed by atoms with Gasteiger partial charge in [0.2, 0.25) is 0 Å². The molecule has 0 bridgehead atoms. The summed E-state index contributed by atoms with van der Waals surface area (Å²) in [4.78, 5) is 10.6. The number of ether oxygens (including phenoxy) is 1. The molecule has 0 aromatic heterocycles. The van der Waals surface area contributed by atoms with Gasteiger partial charge in [0.05, 0.1) is 0 Å². The van der Waals surface area contributed by atoms with E-state index in [1.807, 2.05) is 54.6 Å². The number of carbonyl (C=O) groups is 1. The molecule has 0 aliphatic heterocycles. The Morgan fingerprint density at radius 3 is 2.42 bits per heavy atom. The Kier molecular flexibility index (Phi) is 5.64. The summed E-state index contributed by atoms with van der Waals surface area (Å²) in [6.45, 7) is 0.246. The molecule has 132 valence electrons. The van der Waals surface area contributed by atoms with Crippen molar-refractivity contribution in [3.05, 3.63) is 89.7 Å². The summed E-state index contributed by atoms with van der Waals surface area (Å²) < 4.78 is 19.9. The van der Waals surface area contributed by atoms with Gasteiger partial charge < -0.3 is 9.84 Å². The van der Waals surface area contributed by atoms with E-state index >= 15 is 0 Å². The maximum absolute atomic E-state index is 14.2. The highest BCUT2D eigenvalue weighted by Gasteiger charge is 2.09. The van der Waals surface area contributed by atoms with Crippen LogP contribution in [0.4, 0.5) is 4.39 Å². The van der Waals surface area contributed by atoms with Crippen molar-refractivity contribution < 1.29 is 19.0 Å². The molecule has 3 aromatic carbocycles. The zero-order valence-electron chi connectivity index (χ0n) is 14.2. The Morgan fingerprint density at radius 1 is 0.962 bits per heavy atom. The molecule has 0 saturated carbocycles. The lowest BCUT2D eigenvalue weighted by molar-refractivity contribution is -0.136. The molecule has 3 aromatic rings. The molecule has 3 rings (SSSR count). The van der Waals surface area contributed by atoms with Crippen molar-refractivity contribution >= 4 is 5.97 Å². The molecular formula is C22H19FO3. The van der Waals surface area contributed by atoms with E-state index in [4.69, 9.17) is 9.84 Å². The molecule has 0 spiro atoms. The average Bonchev–Trinajstić information content (AvgIpc) is 2.66. The number of aryl methyl sites for hydroxylation is 1. The minimum Gasteiger partial charge on any atom is -0.486 e. The van der Waals surface area contributed by atoms with Crippen LogP contribution in [0.25, 0.3) is 11.1 Å². The molecule has 0 atom stereocenters. The monoisotopic (exact) mass is 350 g/mol. The molecule has 0 aliphatic rings. The molecule has 0 fully saturated rings. The molecule has 26 heavy (non-hydrogen) atoms. The highest BCUT2D eigenvalue weighted by atomic mass is 19.1. The summed E-state index contributed by atoms with van der Waals surface area (Å²) >= 11 is 0. The lowest BCUT2D eigenvalue weighted by Crippen LogP contribution is -2.01. The molecule has 0 heterocycles. The second kappa shape index (κ2) is 8.30. The number of carboxylic acids is 1. The number of rotatable bonds is 7. The molecule has 0 radical (unpaired) electrons. The molecule has 4 heteroatoms. The van der Waals surface area contributed by atoms with Crippen LogP contribution in [0.2, 0.25) is 0 Å². The largest absolute Gasteiger partial charge is 0.486 e. The van der Waals surface area contributed by atoms with E-state index in [1.165, 1.54) is 6.07 Å². The summed E-state index contributed by atoms with van der Waals surface area (Å²) in [5.41, 5.74) is 3.73. The van der Waals surface area contributed by atoms with Crippen LogP contribution in [0.15, 0.2) is 72.8 Å². The smallest absolute Gasteiger partial charge is 0.303 e. The second-order valence-electron chi connectivity index (χ2n) is 5.97. The number of carboxylic acid groups (broad SMARTS) is 1. The molecule has 0 saturated heterocycles. The SMILES string of the molecule is O=C(O)CCc1ccc(OCc2ccccc2-c2ccccc2)c(F)c1. The van der Waals surface area contributed by atoms with Crippen molar-refractivity contribution in [1.82, 2.24) is 0 Å². The third-order valence-corrected chi connectivity index (χ3v) is 4.11. The first-order valence-electron chi connectivity index (χ1n) is 8.40. The molecule has 3 nitrogen and oxygen atoms in total. The van der Waals surface area contributed by atoms with E-state index < -0.39 is 11.8 Å². The van der Waals surface area contributed by atoms with E-state index in [9.17, 15) is 9.18 Å². The minimum atomic E-state index is -0.900. The van der Waals surface area contributed by atoms with Crippen molar-refractivity contribution in [2.45, 2.75) is 19.4 Å². The van der Waals surface area contributed by atoms with Crippen molar-refractivity contribution in [3.63, 3.8) is 0 Å². The van der Waals surface area contributed by atoms with E-state index in [2.05, 4.69) is 0 Å². The van der Waals surface area contributed by atoms with Gasteiger partial charge in [-0.1, -0.05) is 60.7 Å². The van der Waals surface area contributed by atoms with Gasteiger partial charge in [-0.2, -0.15) is 0 Å². The number of aliphatic carboxylic acids is 1. The van der Waals surface area contributed by atoms with Gasteiger partial charge in [-0.25, -0.2) is 4.39 Å². The summed E-state index contributed by atoms with van der Waals surface area (Å²) in [5, 5.41) is 8.71. The first-order chi connectivity index (χ1) is 12.6. The van der Waals surface area contributed by atoms with Crippen molar-refractivity contribution in [1.29, 1.82) is 0 Å². The topological polar surface area (TPSA) is 46.5 Å². The maximum atomic E-state index is 14.2. The zero-order chi connectivity index (χ0) is 18.4. The van der Waals surface area contributed by atoms with Crippen molar-refractivity contribution in [2.24, 2.45) is 0 Å². The van der Waals surface area contributed by atoms with Gasteiger partial charge in [0.15, 0.2) is 11.6 Å². The number of hydrogen-bond acceptors (Lipinski definition) is 2. The first-order valence-corrected chi connectivity index (χ1v) is 8.40. The normalized spacial score (nSPS) is 10.5. The quantitative estimate of drug-likeness (QED) is 0.646. The van der Waals surface area contributed by atoms with Gasteiger partial charge in [-0.3, -0.25) is 4.79 Å². The fraction of sp³-hybridized carbons (Fsp3) is 0.136. The lowest BCUT2D eigenvalue weighted by atomic mass is 10.0. The Labute approximate surface area is 151 Å². The molecule has 0 aliphatic carbocycles. The number of benzene rings is 3. The third-order valence-electron chi connectivity index (χ3n) is 4.11. The summed E-state index contributed by atoms with van der Waals surface area (Å²) in [6.07, 6.45) is 0.271. The summed E-state index contributed by atoms with van der Waals surface area (Å²) in [5.74, 6) is -1.22. The Morgan fingerprint density at radius 2 is 1.69 bits per heavy atom. The van der Waals surface area contributed by atoms with Gasteiger partial charge in [0.25, 0.3) is 0 Å². The Bertz CT molecular complexity index is 891. The number of halogens is 1. The zero-order valence-corrected chi connectivity index (χ0v) is 14.2. The second-order valence-corrected chi connectivity index (χ2v) is 5.97. The average molecular weight is 350 g/mol. The van der Waals surface area contributed by atoms with E-state index in [-0.39, 0.29) is 18.8 Å². The summed E-state index contributed by atoms with van der Waals surface area (Å²) in [7, 11) is 0. The fourth-order valence-electron chi connectivity index (χ4n) is 2.77. The van der Waals surface area contributed by atoms with Crippen molar-refractivity contribution in [3.8, 4) is 16.9 Å². The van der Waals surface area contributed by atoms with Crippen LogP contribution in [-0.4, -0.2) is 11.1 Å². The van der Waals surface area contributed by atoms with E-state index in [0.717, 1.165) is 16.7 Å². The molecule has 0 unspecified atom stereocenters. The van der Waals surface area contributed by atoms with Crippen LogP contribution in [-0.2, 0) is 17.8 Å². The first kappa shape index (κ1) is 17.7. The third kappa shape index (κ3) is 4.48. The Hall–Kier alpha value is -3.14. The predicted octanol–water partition coefficient (Wildman–Crippen LogP) is 5.09. The molecule has 1 N–H and O–H groups in total. The highest BCUT2D eigenvalue weighted by Crippen LogP contribution is 2.26. The maximum Gasteiger partial charge on any atom is 0.303 e. The van der Waals surface area contributed by atoms with Gasteiger partial charge >= 0.3 is 5.97 Å². The molecular weight excluding hydrogens is 331 g/mol. The van der Waals surface area contributed by atoms with Gasteiger partial charge in [0.1, 0.15) is 6.61 Å². The van der Waals surface area contributed by atoms with E-state index in [0.29, 0.717) is 12.0 Å². The van der Waals surface area contributed by atoms with Gasteiger partial charge in [-0.15, -0.1) is 0 Å². The van der Waals surface area contributed by atoms with Crippen molar-refractivity contribution in [2.75, 3.05) is 0 Å². The fourth-order valence-corrected chi connectivity index (χ4v) is 2.77. The Balaban J connectivity index is 1.73. The van der Waals surface area contributed by atoms with Crippen LogP contribution in [0, 0.1) is 5.82 Å². The number of hydrogen-bond donors (Lipinski definition) is 1. The van der Waals surface area contributed by atoms with Crippen LogP contribution < -0.4 is 4.74 Å². The summed E-state index contributed by atoms with van der Waals surface area (Å²) in [6, 6.07) is 22.4. The highest BCUT2D eigenvalue weighted by molar-refractivity contribution is 5.67. The standard InChI is InChI=1S/C22H19FO3/c23-20-14-16(11-13-22(24)25)10-12-21(20)26-15-18-8-4-5-9-19(18)17-6-2-1-3-7-17/h1-10,12,14H,11,13,15H2,(H,24,25). The lowest BCUT2D eigenvalue weighted by Gasteiger charge is -2.12. The molecule has 0 amide bonds. The van der Waals surface area contributed by atoms with Gasteiger partial charge in [-0.05, 0) is 40.8 Å². The van der Waals surface area contributed by atoms with Gasteiger partial charge in [0, 0.05) is 6.42 Å².